The lowest BCUT2D eigenvalue weighted by molar-refractivity contribution is -0.137. The van der Waals surface area contributed by atoms with Crippen LogP contribution in [-0.4, -0.2) is 42.0 Å². The van der Waals surface area contributed by atoms with Gasteiger partial charge in [0.2, 0.25) is 10.0 Å². The summed E-state index contributed by atoms with van der Waals surface area (Å²) in [6.45, 7) is 2.99. The molecule has 0 saturated carbocycles. The Morgan fingerprint density at radius 1 is 1.32 bits per heavy atom. The molecule has 0 heterocycles. The molecule has 0 radical (unpaired) electrons. The molecule has 0 N–H and O–H groups in total. The molecule has 1 aromatic carbocycles. The van der Waals surface area contributed by atoms with Gasteiger partial charge in [-0.1, -0.05) is 6.07 Å². The molecule has 2 unspecified atom stereocenters. The van der Waals surface area contributed by atoms with Gasteiger partial charge in [-0.2, -0.15) is 17.5 Å². The van der Waals surface area contributed by atoms with Gasteiger partial charge in [-0.05, 0) is 31.5 Å². The van der Waals surface area contributed by atoms with Gasteiger partial charge in [-0.25, -0.2) is 8.42 Å². The van der Waals surface area contributed by atoms with Gasteiger partial charge in [-0.15, -0.1) is 0 Å². The van der Waals surface area contributed by atoms with E-state index < -0.39 is 43.5 Å². The topological polar surface area (TPSA) is 54.5 Å². The first-order valence-electron chi connectivity index (χ1n) is 6.33. The largest absolute Gasteiger partial charge is 0.416 e. The number of halogens is 3. The number of hydrogen-bond donors (Lipinski definition) is 0. The van der Waals surface area contributed by atoms with Crippen LogP contribution < -0.4 is 0 Å². The molecule has 126 valence electrons. The molecule has 9 heteroatoms. The molecular weight excluding hydrogens is 339 g/mol. The van der Waals surface area contributed by atoms with Gasteiger partial charge in [0, 0.05) is 35.9 Å². The van der Waals surface area contributed by atoms with Gasteiger partial charge in [-0.3, -0.25) is 4.21 Å². The van der Waals surface area contributed by atoms with Crippen molar-refractivity contribution in [2.45, 2.75) is 31.0 Å². The number of alkyl halides is 3. The predicted molar refractivity (Wildman–Crippen MR) is 79.5 cm³/mol. The zero-order chi connectivity index (χ0) is 17.3. The van der Waals surface area contributed by atoms with Gasteiger partial charge in [0.25, 0.3) is 0 Å². The van der Waals surface area contributed by atoms with Crippen LogP contribution in [0.5, 0.6) is 0 Å². The average molecular weight is 357 g/mol. The molecule has 0 aromatic heterocycles. The molecule has 0 aliphatic rings. The Labute approximate surface area is 130 Å². The Balaban J connectivity index is 3.31. The maximum atomic E-state index is 12.8. The monoisotopic (exact) mass is 357 g/mol. The fourth-order valence-electron chi connectivity index (χ4n) is 1.89. The first-order valence-corrected chi connectivity index (χ1v) is 9.50. The van der Waals surface area contributed by atoms with E-state index >= 15 is 0 Å². The highest BCUT2D eigenvalue weighted by atomic mass is 32.2. The summed E-state index contributed by atoms with van der Waals surface area (Å²) in [6, 6.07) is 2.02. The lowest BCUT2D eigenvalue weighted by Crippen LogP contribution is -2.38. The lowest BCUT2D eigenvalue weighted by Gasteiger charge is -2.24. The van der Waals surface area contributed by atoms with Crippen LogP contribution in [-0.2, 0) is 27.0 Å². The number of rotatable bonds is 5. The Hall–Kier alpha value is -0.930. The molecule has 2 atom stereocenters. The number of hydrogen-bond acceptors (Lipinski definition) is 3. The fourth-order valence-corrected chi connectivity index (χ4v) is 4.50. The highest BCUT2D eigenvalue weighted by molar-refractivity contribution is 7.89. The van der Waals surface area contributed by atoms with Crippen LogP contribution in [0, 0.1) is 6.92 Å². The number of nitrogens with zero attached hydrogens (tertiary/aromatic N) is 1. The maximum absolute atomic E-state index is 12.8. The summed E-state index contributed by atoms with van der Waals surface area (Å²) in [5.41, 5.74) is -0.790. The second-order valence-corrected chi connectivity index (χ2v) is 8.53. The van der Waals surface area contributed by atoms with Crippen molar-refractivity contribution in [3.63, 3.8) is 0 Å². The minimum Gasteiger partial charge on any atom is -0.260 e. The molecule has 0 amide bonds. The summed E-state index contributed by atoms with van der Waals surface area (Å²) in [5.74, 6) is 0.105. The normalized spacial score (nSPS) is 15.8. The van der Waals surface area contributed by atoms with Crippen LogP contribution in [0.1, 0.15) is 18.1 Å². The van der Waals surface area contributed by atoms with E-state index in [-0.39, 0.29) is 11.3 Å². The fraction of sp³-hybridized carbons (Fsp3) is 0.538. The van der Waals surface area contributed by atoms with Crippen molar-refractivity contribution in [2.24, 2.45) is 0 Å². The van der Waals surface area contributed by atoms with Gasteiger partial charge < -0.3 is 0 Å². The SMILES string of the molecule is Cc1ccc(C(F)(F)F)cc1S(=O)(=O)N(C)C(C)CS(C)=O. The Kier molecular flexibility index (Phi) is 5.80. The summed E-state index contributed by atoms with van der Waals surface area (Å²) in [6.07, 6.45) is -3.18. The predicted octanol–water partition coefficient (Wildman–Crippen LogP) is 2.40. The minimum absolute atomic E-state index is 0.105. The summed E-state index contributed by atoms with van der Waals surface area (Å²) in [5, 5.41) is 0. The maximum Gasteiger partial charge on any atom is 0.416 e. The van der Waals surface area contributed by atoms with Crippen molar-refractivity contribution in [1.82, 2.24) is 4.31 Å². The van der Waals surface area contributed by atoms with Crippen molar-refractivity contribution in [3.05, 3.63) is 29.3 Å². The van der Waals surface area contributed by atoms with E-state index in [1.807, 2.05) is 0 Å². The van der Waals surface area contributed by atoms with E-state index in [4.69, 9.17) is 0 Å². The standard InChI is InChI=1S/C13H18F3NO3S2/c1-9-5-6-11(13(14,15)16)7-12(9)22(19,20)17(3)10(2)8-21(4)18/h5-7,10H,8H2,1-4H3. The van der Waals surface area contributed by atoms with Gasteiger partial charge in [0.15, 0.2) is 0 Å². The summed E-state index contributed by atoms with van der Waals surface area (Å²) < 4.78 is 75.5. The first kappa shape index (κ1) is 19.1. The van der Waals surface area contributed by atoms with Crippen molar-refractivity contribution in [1.29, 1.82) is 0 Å². The van der Waals surface area contributed by atoms with E-state index in [0.29, 0.717) is 6.07 Å². The van der Waals surface area contributed by atoms with Crippen LogP contribution in [0.3, 0.4) is 0 Å². The quantitative estimate of drug-likeness (QED) is 0.813. The molecular formula is C13H18F3NO3S2. The molecule has 0 bridgehead atoms. The molecule has 0 fully saturated rings. The Morgan fingerprint density at radius 2 is 1.86 bits per heavy atom. The molecule has 4 nitrogen and oxygen atoms in total. The Bertz CT molecular complexity index is 672. The molecule has 0 saturated heterocycles. The van der Waals surface area contributed by atoms with Gasteiger partial charge in [0.05, 0.1) is 10.5 Å². The molecule has 1 rings (SSSR count). The van der Waals surface area contributed by atoms with Crippen LogP contribution in [0.2, 0.25) is 0 Å². The van der Waals surface area contributed by atoms with Crippen LogP contribution >= 0.6 is 0 Å². The number of aryl methyl sites for hydroxylation is 1. The summed E-state index contributed by atoms with van der Waals surface area (Å²) in [4.78, 5) is -0.390. The summed E-state index contributed by atoms with van der Waals surface area (Å²) >= 11 is 0. The van der Waals surface area contributed by atoms with E-state index in [9.17, 15) is 25.8 Å². The van der Waals surface area contributed by atoms with Gasteiger partial charge >= 0.3 is 6.18 Å². The second kappa shape index (κ2) is 6.67. The molecule has 1 aromatic rings. The Morgan fingerprint density at radius 3 is 2.32 bits per heavy atom. The molecule has 22 heavy (non-hydrogen) atoms. The van der Waals surface area contributed by atoms with Crippen LogP contribution in [0.15, 0.2) is 23.1 Å². The van der Waals surface area contributed by atoms with Crippen molar-refractivity contribution < 1.29 is 25.8 Å². The minimum atomic E-state index is -4.62. The zero-order valence-corrected chi connectivity index (χ0v) is 14.3. The average Bonchev–Trinajstić information content (AvgIpc) is 2.35. The molecule has 0 aliphatic heterocycles. The first-order chi connectivity index (χ1) is 9.87. The van der Waals surface area contributed by atoms with E-state index in [1.54, 1.807) is 6.92 Å². The third-order valence-electron chi connectivity index (χ3n) is 3.27. The molecule has 0 aliphatic carbocycles. The molecule has 0 spiro atoms. The summed E-state index contributed by atoms with van der Waals surface area (Å²) in [7, 11) is -4.05. The highest BCUT2D eigenvalue weighted by Crippen LogP contribution is 2.32. The number of benzene rings is 1. The van der Waals surface area contributed by atoms with E-state index in [2.05, 4.69) is 0 Å². The third kappa shape index (κ3) is 4.30. The van der Waals surface area contributed by atoms with Gasteiger partial charge in [0.1, 0.15) is 0 Å². The highest BCUT2D eigenvalue weighted by Gasteiger charge is 2.34. The van der Waals surface area contributed by atoms with E-state index in [0.717, 1.165) is 16.4 Å². The number of sulfonamides is 1. The van der Waals surface area contributed by atoms with E-state index in [1.165, 1.54) is 20.2 Å². The van der Waals surface area contributed by atoms with Crippen molar-refractivity contribution >= 4 is 20.8 Å². The smallest absolute Gasteiger partial charge is 0.260 e. The van der Waals surface area contributed by atoms with Crippen LogP contribution in [0.25, 0.3) is 0 Å². The third-order valence-corrected chi connectivity index (χ3v) is 6.33. The second-order valence-electron chi connectivity index (χ2n) is 5.09. The lowest BCUT2D eigenvalue weighted by atomic mass is 10.1. The van der Waals surface area contributed by atoms with Crippen LogP contribution in [0.4, 0.5) is 13.2 Å². The zero-order valence-electron chi connectivity index (χ0n) is 12.6. The van der Waals surface area contributed by atoms with Crippen molar-refractivity contribution in [2.75, 3.05) is 19.1 Å². The van der Waals surface area contributed by atoms with Crippen molar-refractivity contribution in [3.8, 4) is 0 Å².